The number of rotatable bonds is 5. The highest BCUT2D eigenvalue weighted by molar-refractivity contribution is 7.99. The number of hydrogen-bond donors (Lipinski definition) is 1. The van der Waals surface area contributed by atoms with Crippen LogP contribution in [0, 0.1) is 0 Å². The Bertz CT molecular complexity index is 578. The van der Waals surface area contributed by atoms with Crippen molar-refractivity contribution < 1.29 is 8.42 Å². The minimum atomic E-state index is -3.27. The van der Waals surface area contributed by atoms with Gasteiger partial charge in [0.1, 0.15) is 4.99 Å². The molecule has 2 rings (SSSR count). The van der Waals surface area contributed by atoms with Gasteiger partial charge >= 0.3 is 0 Å². The zero-order valence-corrected chi connectivity index (χ0v) is 13.7. The fourth-order valence-electron chi connectivity index (χ4n) is 2.11. The predicted molar refractivity (Wildman–Crippen MR) is 88.4 cm³/mol. The maximum Gasteiger partial charge on any atom is 0.218 e. The number of benzene rings is 1. The third kappa shape index (κ3) is 3.72. The van der Waals surface area contributed by atoms with Gasteiger partial charge < -0.3 is 5.73 Å². The highest BCUT2D eigenvalue weighted by atomic mass is 32.2. The molecular weight excluding hydrogens is 312 g/mol. The summed E-state index contributed by atoms with van der Waals surface area (Å²) in [4.78, 5) is 0.319. The average Bonchev–Trinajstić information content (AvgIpc) is 2.91. The lowest BCUT2D eigenvalue weighted by molar-refractivity contribution is 0.394. The van der Waals surface area contributed by atoms with Crippen LogP contribution in [0.1, 0.15) is 17.5 Å². The summed E-state index contributed by atoms with van der Waals surface area (Å²) in [6.07, 6.45) is 0.931. The third-order valence-corrected chi connectivity index (χ3v) is 6.70. The summed E-state index contributed by atoms with van der Waals surface area (Å²) in [6.45, 7) is 0. The first-order chi connectivity index (χ1) is 9.40. The topological polar surface area (TPSA) is 63.4 Å². The van der Waals surface area contributed by atoms with Gasteiger partial charge in [-0.1, -0.05) is 36.5 Å². The summed E-state index contributed by atoms with van der Waals surface area (Å²) in [6, 6.07) is 7.19. The van der Waals surface area contributed by atoms with Crippen LogP contribution in [-0.4, -0.2) is 42.3 Å². The molecule has 0 saturated carbocycles. The second-order valence-electron chi connectivity index (χ2n) is 4.85. The Kier molecular flexibility index (Phi) is 5.06. The Morgan fingerprint density at radius 2 is 2.10 bits per heavy atom. The van der Waals surface area contributed by atoms with E-state index in [0.29, 0.717) is 4.99 Å². The molecule has 1 heterocycles. The summed E-state index contributed by atoms with van der Waals surface area (Å²) >= 11 is 6.68. The summed E-state index contributed by atoms with van der Waals surface area (Å²) in [5.41, 5.74) is 7.03. The monoisotopic (exact) mass is 330 g/mol. The van der Waals surface area contributed by atoms with Crippen LogP contribution in [0.25, 0.3) is 0 Å². The fraction of sp³-hybridized carbons (Fsp3) is 0.462. The van der Waals surface area contributed by atoms with E-state index in [-0.39, 0.29) is 11.8 Å². The van der Waals surface area contributed by atoms with Gasteiger partial charge in [-0.3, -0.25) is 0 Å². The molecule has 0 aromatic heterocycles. The van der Waals surface area contributed by atoms with E-state index in [1.165, 1.54) is 4.31 Å². The summed E-state index contributed by atoms with van der Waals surface area (Å²) < 4.78 is 26.3. The molecular formula is C13H18N2O2S3. The second-order valence-corrected chi connectivity index (χ2v) is 8.47. The standard InChI is InChI=1S/C13H18N2O2S3/c1-15(12-6-7-19-8-12)20(16,17)9-10-2-4-11(5-3-10)13(14)18/h2-5,12H,6-9H2,1H3,(H2,14,18). The van der Waals surface area contributed by atoms with Crippen LogP contribution < -0.4 is 5.73 Å². The lowest BCUT2D eigenvalue weighted by atomic mass is 10.1. The third-order valence-electron chi connectivity index (χ3n) is 3.45. The quantitative estimate of drug-likeness (QED) is 0.831. The van der Waals surface area contributed by atoms with Gasteiger partial charge in [0, 0.05) is 24.4 Å². The van der Waals surface area contributed by atoms with Gasteiger partial charge in [-0.2, -0.15) is 11.8 Å². The maximum absolute atomic E-state index is 12.4. The van der Waals surface area contributed by atoms with Crippen LogP contribution in [0.5, 0.6) is 0 Å². The van der Waals surface area contributed by atoms with Crippen molar-refractivity contribution in [2.24, 2.45) is 5.73 Å². The highest BCUT2D eigenvalue weighted by Gasteiger charge is 2.28. The number of nitrogens with zero attached hydrogens (tertiary/aromatic N) is 1. The van der Waals surface area contributed by atoms with Crippen molar-refractivity contribution in [3.8, 4) is 0 Å². The molecule has 1 aromatic rings. The first-order valence-corrected chi connectivity index (χ1v) is 9.49. The Hall–Kier alpha value is -0.630. The van der Waals surface area contributed by atoms with Crippen molar-refractivity contribution in [3.63, 3.8) is 0 Å². The minimum Gasteiger partial charge on any atom is -0.389 e. The van der Waals surface area contributed by atoms with Gasteiger partial charge in [-0.15, -0.1) is 0 Å². The van der Waals surface area contributed by atoms with E-state index >= 15 is 0 Å². The minimum absolute atomic E-state index is 0.0162. The molecule has 1 fully saturated rings. The van der Waals surface area contributed by atoms with Gasteiger partial charge in [-0.25, -0.2) is 12.7 Å². The molecule has 7 heteroatoms. The number of nitrogens with two attached hydrogens (primary N) is 1. The molecule has 0 spiro atoms. The lowest BCUT2D eigenvalue weighted by Gasteiger charge is -2.23. The van der Waals surface area contributed by atoms with Crippen LogP contribution in [0.2, 0.25) is 0 Å². The van der Waals surface area contributed by atoms with Gasteiger partial charge in [0.05, 0.1) is 5.75 Å². The largest absolute Gasteiger partial charge is 0.389 e. The molecule has 2 N–H and O–H groups in total. The van der Waals surface area contributed by atoms with E-state index in [1.807, 2.05) is 0 Å². The van der Waals surface area contributed by atoms with Crippen LogP contribution >= 0.6 is 24.0 Å². The predicted octanol–water partition coefficient (Wildman–Crippen LogP) is 1.59. The molecule has 4 nitrogen and oxygen atoms in total. The van der Waals surface area contributed by atoms with Crippen molar-refractivity contribution in [1.82, 2.24) is 4.31 Å². The van der Waals surface area contributed by atoms with E-state index < -0.39 is 10.0 Å². The Labute approximate surface area is 129 Å². The molecule has 1 saturated heterocycles. The number of sulfonamides is 1. The van der Waals surface area contributed by atoms with Crippen LogP contribution in [0.15, 0.2) is 24.3 Å². The van der Waals surface area contributed by atoms with E-state index in [0.717, 1.165) is 29.1 Å². The zero-order chi connectivity index (χ0) is 14.8. The van der Waals surface area contributed by atoms with Crippen molar-refractivity contribution in [2.45, 2.75) is 18.2 Å². The second kappa shape index (κ2) is 6.43. The first-order valence-electron chi connectivity index (χ1n) is 6.32. The van der Waals surface area contributed by atoms with E-state index in [4.69, 9.17) is 18.0 Å². The molecule has 1 unspecified atom stereocenters. The zero-order valence-electron chi connectivity index (χ0n) is 11.3. The molecule has 1 aliphatic heterocycles. The summed E-state index contributed by atoms with van der Waals surface area (Å²) in [5, 5.41) is 0. The first kappa shape index (κ1) is 15.8. The Morgan fingerprint density at radius 3 is 2.60 bits per heavy atom. The molecule has 1 aromatic carbocycles. The number of thioether (sulfide) groups is 1. The van der Waals surface area contributed by atoms with Crippen molar-refractivity contribution in [2.75, 3.05) is 18.6 Å². The molecule has 20 heavy (non-hydrogen) atoms. The maximum atomic E-state index is 12.4. The molecule has 1 aliphatic rings. The highest BCUT2D eigenvalue weighted by Crippen LogP contribution is 2.24. The summed E-state index contributed by atoms with van der Waals surface area (Å²) in [7, 11) is -1.60. The van der Waals surface area contributed by atoms with E-state index in [2.05, 4.69) is 0 Å². The molecule has 0 aliphatic carbocycles. The van der Waals surface area contributed by atoms with Crippen molar-refractivity contribution in [1.29, 1.82) is 0 Å². The van der Waals surface area contributed by atoms with Gasteiger partial charge in [0.2, 0.25) is 10.0 Å². The van der Waals surface area contributed by atoms with Crippen LogP contribution in [0.4, 0.5) is 0 Å². The summed E-state index contributed by atoms with van der Waals surface area (Å²) in [5.74, 6) is 1.94. The smallest absolute Gasteiger partial charge is 0.218 e. The van der Waals surface area contributed by atoms with Gasteiger partial charge in [0.25, 0.3) is 0 Å². The molecule has 0 amide bonds. The van der Waals surface area contributed by atoms with Gasteiger partial charge in [0.15, 0.2) is 0 Å². The van der Waals surface area contributed by atoms with Crippen molar-refractivity contribution >= 4 is 39.0 Å². The number of thiocarbonyl (C=S) groups is 1. The average molecular weight is 331 g/mol. The molecule has 110 valence electrons. The molecule has 1 atom stereocenters. The number of hydrogen-bond acceptors (Lipinski definition) is 4. The van der Waals surface area contributed by atoms with E-state index in [9.17, 15) is 8.42 Å². The Morgan fingerprint density at radius 1 is 1.45 bits per heavy atom. The van der Waals surface area contributed by atoms with Crippen LogP contribution in [-0.2, 0) is 15.8 Å². The Balaban J connectivity index is 2.09. The van der Waals surface area contributed by atoms with Gasteiger partial charge in [-0.05, 0) is 17.7 Å². The van der Waals surface area contributed by atoms with E-state index in [1.54, 1.807) is 43.1 Å². The van der Waals surface area contributed by atoms with Crippen molar-refractivity contribution in [3.05, 3.63) is 35.4 Å². The normalized spacial score (nSPS) is 19.4. The molecule has 0 radical (unpaired) electrons. The SMILES string of the molecule is CN(C1CCSC1)S(=O)(=O)Cc1ccc(C(N)=S)cc1. The lowest BCUT2D eigenvalue weighted by Crippen LogP contribution is -2.37. The molecule has 0 bridgehead atoms. The fourth-order valence-corrected chi connectivity index (χ4v) is 5.06. The van der Waals surface area contributed by atoms with Crippen LogP contribution in [0.3, 0.4) is 0 Å².